The molecule has 0 bridgehead atoms. The van der Waals surface area contributed by atoms with Crippen molar-refractivity contribution in [1.82, 2.24) is 9.55 Å². The van der Waals surface area contributed by atoms with Crippen molar-refractivity contribution in [3.05, 3.63) is 61.9 Å². The van der Waals surface area contributed by atoms with Crippen LogP contribution in [0.2, 0.25) is 5.02 Å². The summed E-state index contributed by atoms with van der Waals surface area (Å²) in [5.41, 5.74) is 0.713. The molecular weight excluding hydrogens is 266 g/mol. The molecule has 2 N–H and O–H groups in total. The van der Waals surface area contributed by atoms with Gasteiger partial charge in [-0.25, -0.2) is 4.79 Å². The largest absolute Gasteiger partial charge is 0.383 e. The number of nitrogens with zero attached hydrogens (tertiary/aromatic N) is 1. The van der Waals surface area contributed by atoms with Crippen LogP contribution >= 0.6 is 11.6 Å². The number of rotatable bonds is 4. The second-order valence-corrected chi connectivity index (χ2v) is 4.63. The van der Waals surface area contributed by atoms with Gasteiger partial charge in [0.05, 0.1) is 0 Å². The summed E-state index contributed by atoms with van der Waals surface area (Å²) in [6, 6.07) is 7.31. The van der Waals surface area contributed by atoms with Crippen LogP contribution in [-0.4, -0.2) is 16.1 Å². The maximum atomic E-state index is 11.5. The van der Waals surface area contributed by atoms with E-state index in [-0.39, 0.29) is 5.56 Å². The third-order valence-corrected chi connectivity index (χ3v) is 2.97. The van der Waals surface area contributed by atoms with E-state index in [0.717, 1.165) is 5.69 Å². The molecule has 1 heterocycles. The summed E-state index contributed by atoms with van der Waals surface area (Å²) in [5, 5.41) is 3.85. The molecule has 0 saturated carbocycles. The molecule has 0 fully saturated rings. The lowest BCUT2D eigenvalue weighted by Gasteiger charge is -2.08. The summed E-state index contributed by atoms with van der Waals surface area (Å²) in [5.74, 6) is 0. The van der Waals surface area contributed by atoms with Gasteiger partial charge in [0, 0.05) is 35.6 Å². The maximum absolute atomic E-state index is 11.5. The molecule has 1 aromatic carbocycles. The Balaban J connectivity index is 2.00. The molecule has 0 aliphatic carbocycles. The predicted octanol–water partition coefficient (Wildman–Crippen LogP) is 1.61. The van der Waals surface area contributed by atoms with Crippen LogP contribution < -0.4 is 16.6 Å². The summed E-state index contributed by atoms with van der Waals surface area (Å²) < 4.78 is 1.47. The van der Waals surface area contributed by atoms with Gasteiger partial charge in [-0.2, -0.15) is 0 Å². The average molecular weight is 280 g/mol. The number of H-pyrrole nitrogens is 1. The number of anilines is 1. The van der Waals surface area contributed by atoms with Crippen LogP contribution in [0.3, 0.4) is 0 Å². The minimum atomic E-state index is -0.395. The summed E-state index contributed by atoms with van der Waals surface area (Å²) in [6.07, 6.45) is 1.56. The molecule has 0 atom stereocenters. The SMILES string of the molecule is Cc1cn(CCNc2ccc(Cl)cc2)c(=O)[nH]c1=O. The van der Waals surface area contributed by atoms with Gasteiger partial charge >= 0.3 is 5.69 Å². The van der Waals surface area contributed by atoms with E-state index >= 15 is 0 Å². The molecule has 19 heavy (non-hydrogen) atoms. The number of benzene rings is 1. The van der Waals surface area contributed by atoms with Crippen molar-refractivity contribution in [1.29, 1.82) is 0 Å². The van der Waals surface area contributed by atoms with Crippen LogP contribution in [0.25, 0.3) is 0 Å². The molecule has 0 saturated heterocycles. The highest BCUT2D eigenvalue weighted by atomic mass is 35.5. The van der Waals surface area contributed by atoms with Gasteiger partial charge in [-0.05, 0) is 31.2 Å². The summed E-state index contributed by atoms with van der Waals surface area (Å²) in [7, 11) is 0. The molecular formula is C13H14ClN3O2. The van der Waals surface area contributed by atoms with E-state index in [4.69, 9.17) is 11.6 Å². The first-order valence-corrected chi connectivity index (χ1v) is 6.24. The number of aromatic amines is 1. The number of aromatic nitrogens is 2. The summed E-state index contributed by atoms with van der Waals surface area (Å²) >= 11 is 5.79. The van der Waals surface area contributed by atoms with Gasteiger partial charge in [-0.3, -0.25) is 14.3 Å². The highest BCUT2D eigenvalue weighted by molar-refractivity contribution is 6.30. The van der Waals surface area contributed by atoms with Gasteiger partial charge in [0.1, 0.15) is 0 Å². The van der Waals surface area contributed by atoms with Gasteiger partial charge in [-0.1, -0.05) is 11.6 Å². The molecule has 5 nitrogen and oxygen atoms in total. The first-order valence-electron chi connectivity index (χ1n) is 5.86. The number of hydrogen-bond donors (Lipinski definition) is 2. The van der Waals surface area contributed by atoms with Gasteiger partial charge in [0.25, 0.3) is 5.56 Å². The molecule has 2 aromatic rings. The first kappa shape index (κ1) is 13.4. The lowest BCUT2D eigenvalue weighted by atomic mass is 10.3. The number of halogens is 1. The normalized spacial score (nSPS) is 10.4. The van der Waals surface area contributed by atoms with Crippen molar-refractivity contribution < 1.29 is 0 Å². The molecule has 6 heteroatoms. The molecule has 0 unspecified atom stereocenters. The van der Waals surface area contributed by atoms with Crippen molar-refractivity contribution in [2.75, 3.05) is 11.9 Å². The molecule has 0 amide bonds. The Bertz CT molecular complexity index is 674. The highest BCUT2D eigenvalue weighted by Crippen LogP contribution is 2.12. The van der Waals surface area contributed by atoms with Crippen LogP contribution in [0.4, 0.5) is 5.69 Å². The van der Waals surface area contributed by atoms with Crippen molar-refractivity contribution in [3.63, 3.8) is 0 Å². The van der Waals surface area contributed by atoms with Crippen LogP contribution in [0.1, 0.15) is 5.56 Å². The molecule has 2 rings (SSSR count). The van der Waals surface area contributed by atoms with Gasteiger partial charge in [0.2, 0.25) is 0 Å². The van der Waals surface area contributed by atoms with Crippen LogP contribution in [0.15, 0.2) is 40.1 Å². The van der Waals surface area contributed by atoms with Crippen LogP contribution in [0.5, 0.6) is 0 Å². The molecule has 0 aliphatic rings. The quantitative estimate of drug-likeness (QED) is 0.893. The minimum Gasteiger partial charge on any atom is -0.383 e. The molecule has 0 aliphatic heterocycles. The van der Waals surface area contributed by atoms with E-state index in [9.17, 15) is 9.59 Å². The lowest BCUT2D eigenvalue weighted by molar-refractivity contribution is 0.664. The second-order valence-electron chi connectivity index (χ2n) is 4.20. The Morgan fingerprint density at radius 3 is 2.63 bits per heavy atom. The van der Waals surface area contributed by atoms with Crippen molar-refractivity contribution in [2.45, 2.75) is 13.5 Å². The second kappa shape index (κ2) is 5.75. The monoisotopic (exact) mass is 279 g/mol. The zero-order valence-electron chi connectivity index (χ0n) is 10.4. The smallest absolute Gasteiger partial charge is 0.328 e. The third-order valence-electron chi connectivity index (χ3n) is 2.72. The summed E-state index contributed by atoms with van der Waals surface area (Å²) in [4.78, 5) is 25.0. The average Bonchev–Trinajstić information content (AvgIpc) is 2.38. The fourth-order valence-corrected chi connectivity index (χ4v) is 1.80. The van der Waals surface area contributed by atoms with E-state index in [1.54, 1.807) is 25.3 Å². The van der Waals surface area contributed by atoms with E-state index in [1.807, 2.05) is 12.1 Å². The van der Waals surface area contributed by atoms with E-state index in [0.29, 0.717) is 23.7 Å². The number of nitrogens with one attached hydrogen (secondary N) is 2. The molecule has 0 radical (unpaired) electrons. The Morgan fingerprint density at radius 2 is 1.95 bits per heavy atom. The van der Waals surface area contributed by atoms with Gasteiger partial charge in [0.15, 0.2) is 0 Å². The van der Waals surface area contributed by atoms with Crippen molar-refractivity contribution in [3.8, 4) is 0 Å². The topological polar surface area (TPSA) is 66.9 Å². The summed E-state index contributed by atoms with van der Waals surface area (Å²) in [6.45, 7) is 2.72. The zero-order valence-corrected chi connectivity index (χ0v) is 11.2. The number of hydrogen-bond acceptors (Lipinski definition) is 3. The fraction of sp³-hybridized carbons (Fsp3) is 0.231. The van der Waals surface area contributed by atoms with E-state index in [1.165, 1.54) is 4.57 Å². The first-order chi connectivity index (χ1) is 9.06. The van der Waals surface area contributed by atoms with Crippen LogP contribution in [0, 0.1) is 6.92 Å². The predicted molar refractivity (Wildman–Crippen MR) is 76.0 cm³/mol. The Hall–Kier alpha value is -2.01. The van der Waals surface area contributed by atoms with Crippen LogP contribution in [-0.2, 0) is 6.54 Å². The van der Waals surface area contributed by atoms with E-state index < -0.39 is 5.69 Å². The van der Waals surface area contributed by atoms with Gasteiger partial charge in [-0.15, -0.1) is 0 Å². The standard InChI is InChI=1S/C13H14ClN3O2/c1-9-8-17(13(19)16-12(9)18)7-6-15-11-4-2-10(14)3-5-11/h2-5,8,15H,6-7H2,1H3,(H,16,18,19). The number of aryl methyl sites for hydroxylation is 1. The third kappa shape index (κ3) is 3.48. The molecule has 100 valence electrons. The lowest BCUT2D eigenvalue weighted by Crippen LogP contribution is -2.32. The Labute approximate surface area is 114 Å². The fourth-order valence-electron chi connectivity index (χ4n) is 1.67. The zero-order chi connectivity index (χ0) is 13.8. The minimum absolute atomic E-state index is 0.341. The Kier molecular flexibility index (Phi) is 4.06. The molecule has 1 aromatic heterocycles. The van der Waals surface area contributed by atoms with Crippen molar-refractivity contribution >= 4 is 17.3 Å². The van der Waals surface area contributed by atoms with Crippen molar-refractivity contribution in [2.24, 2.45) is 0 Å². The van der Waals surface area contributed by atoms with Gasteiger partial charge < -0.3 is 5.32 Å². The maximum Gasteiger partial charge on any atom is 0.328 e. The highest BCUT2D eigenvalue weighted by Gasteiger charge is 2.00. The Morgan fingerprint density at radius 1 is 1.26 bits per heavy atom. The molecule has 0 spiro atoms. The van der Waals surface area contributed by atoms with E-state index in [2.05, 4.69) is 10.3 Å².